The Morgan fingerprint density at radius 3 is 2.47 bits per heavy atom. The maximum Gasteiger partial charge on any atom is 0.259 e. The molecule has 34 heavy (non-hydrogen) atoms. The zero-order valence-electron chi connectivity index (χ0n) is 18.6. The molecule has 0 radical (unpaired) electrons. The Morgan fingerprint density at radius 2 is 1.85 bits per heavy atom. The van der Waals surface area contributed by atoms with E-state index in [0.29, 0.717) is 67.4 Å². The van der Waals surface area contributed by atoms with E-state index < -0.39 is 11.2 Å². The summed E-state index contributed by atoms with van der Waals surface area (Å²) in [6, 6.07) is 9.87. The van der Waals surface area contributed by atoms with Gasteiger partial charge >= 0.3 is 0 Å². The summed E-state index contributed by atoms with van der Waals surface area (Å²) in [4.78, 5) is 21.8. The SMILES string of the molecule is Cc1c(C(=O)Nc2ccc(C3(C#N)CCC4(CC3)OCCO4)nc2)cnn1-c1ccc(I)cn1. The van der Waals surface area contributed by atoms with Crippen LogP contribution in [-0.2, 0) is 14.9 Å². The molecular formula is C24H23IN6O3. The molecule has 0 unspecified atom stereocenters. The van der Waals surface area contributed by atoms with Gasteiger partial charge in [0, 0.05) is 22.6 Å². The fourth-order valence-electron chi connectivity index (χ4n) is 4.57. The van der Waals surface area contributed by atoms with Gasteiger partial charge in [-0.05, 0) is 66.6 Å². The summed E-state index contributed by atoms with van der Waals surface area (Å²) in [5.41, 5.74) is 1.71. The van der Waals surface area contributed by atoms with Crippen molar-refractivity contribution < 1.29 is 14.3 Å². The summed E-state index contributed by atoms with van der Waals surface area (Å²) in [7, 11) is 0. The lowest BCUT2D eigenvalue weighted by Gasteiger charge is -2.39. The molecule has 10 heteroatoms. The monoisotopic (exact) mass is 570 g/mol. The third kappa shape index (κ3) is 4.19. The lowest BCUT2D eigenvalue weighted by Crippen LogP contribution is -2.41. The lowest BCUT2D eigenvalue weighted by molar-refractivity contribution is -0.182. The molecule has 1 spiro atoms. The van der Waals surface area contributed by atoms with Crippen molar-refractivity contribution in [2.45, 2.75) is 43.8 Å². The number of carbonyl (C=O) groups is 1. The largest absolute Gasteiger partial charge is 0.348 e. The van der Waals surface area contributed by atoms with E-state index in [1.807, 2.05) is 25.1 Å². The smallest absolute Gasteiger partial charge is 0.259 e. The molecule has 1 aliphatic heterocycles. The standard InChI is InChI=1S/C24H23IN6O3/c1-16-19(14-29-31(16)21-5-2-17(25)12-28-21)22(32)30-18-3-4-20(27-13-18)23(15-26)6-8-24(9-7-23)33-10-11-34-24/h2-5,12-14H,6-11H2,1H3,(H,30,32). The minimum absolute atomic E-state index is 0.283. The van der Waals surface area contributed by atoms with E-state index >= 15 is 0 Å². The predicted molar refractivity (Wildman–Crippen MR) is 131 cm³/mol. The van der Waals surface area contributed by atoms with Crippen molar-refractivity contribution in [3.8, 4) is 11.9 Å². The number of amides is 1. The van der Waals surface area contributed by atoms with Crippen LogP contribution >= 0.6 is 22.6 Å². The van der Waals surface area contributed by atoms with Crippen LogP contribution in [0.4, 0.5) is 5.69 Å². The Labute approximate surface area is 210 Å². The van der Waals surface area contributed by atoms with Gasteiger partial charge in [0.15, 0.2) is 11.6 Å². The van der Waals surface area contributed by atoms with Gasteiger partial charge in [0.1, 0.15) is 0 Å². The maximum absolute atomic E-state index is 12.9. The van der Waals surface area contributed by atoms with Crippen LogP contribution in [0.1, 0.15) is 47.4 Å². The Balaban J connectivity index is 1.29. The van der Waals surface area contributed by atoms with E-state index in [1.165, 1.54) is 6.20 Å². The van der Waals surface area contributed by atoms with Crippen molar-refractivity contribution >= 4 is 34.2 Å². The Morgan fingerprint density at radius 1 is 1.09 bits per heavy atom. The quantitative estimate of drug-likeness (QED) is 0.473. The molecule has 4 heterocycles. The number of anilines is 1. The van der Waals surface area contributed by atoms with Gasteiger partial charge in [-0.15, -0.1) is 0 Å². The molecule has 1 amide bonds. The van der Waals surface area contributed by atoms with Crippen LogP contribution in [0.3, 0.4) is 0 Å². The molecule has 174 valence electrons. The summed E-state index contributed by atoms with van der Waals surface area (Å²) in [5.74, 6) is -0.175. The molecule has 0 atom stereocenters. The van der Waals surface area contributed by atoms with Gasteiger partial charge in [-0.2, -0.15) is 10.4 Å². The average molecular weight is 570 g/mol. The second-order valence-electron chi connectivity index (χ2n) is 8.58. The van der Waals surface area contributed by atoms with Gasteiger partial charge < -0.3 is 14.8 Å². The molecule has 5 rings (SSSR count). The number of hydrogen-bond donors (Lipinski definition) is 1. The van der Waals surface area contributed by atoms with Crippen molar-refractivity contribution in [3.63, 3.8) is 0 Å². The third-order valence-electron chi connectivity index (χ3n) is 6.59. The minimum atomic E-state index is -0.679. The summed E-state index contributed by atoms with van der Waals surface area (Å²) in [6.45, 7) is 3.03. The Kier molecular flexibility index (Phi) is 6.09. The van der Waals surface area contributed by atoms with Crippen LogP contribution in [-0.4, -0.2) is 44.7 Å². The molecule has 0 bridgehead atoms. The predicted octanol–water partition coefficient (Wildman–Crippen LogP) is 3.91. The van der Waals surface area contributed by atoms with Crippen LogP contribution in [0.25, 0.3) is 5.82 Å². The number of carbonyl (C=O) groups excluding carboxylic acids is 1. The fourth-order valence-corrected chi connectivity index (χ4v) is 4.89. The first-order chi connectivity index (χ1) is 16.4. The minimum Gasteiger partial charge on any atom is -0.348 e. The first kappa shape index (κ1) is 22.9. The van der Waals surface area contributed by atoms with Gasteiger partial charge in [0.05, 0.1) is 59.7 Å². The highest BCUT2D eigenvalue weighted by molar-refractivity contribution is 14.1. The second-order valence-corrected chi connectivity index (χ2v) is 9.82. The summed E-state index contributed by atoms with van der Waals surface area (Å²) in [5, 5.41) is 17.2. The van der Waals surface area contributed by atoms with Crippen LogP contribution in [0.2, 0.25) is 0 Å². The second kappa shape index (κ2) is 9.05. The summed E-state index contributed by atoms with van der Waals surface area (Å²) < 4.78 is 14.2. The summed E-state index contributed by atoms with van der Waals surface area (Å²) in [6.07, 6.45) is 7.44. The highest BCUT2D eigenvalue weighted by atomic mass is 127. The number of nitriles is 1. The molecule has 1 N–H and O–H groups in total. The number of nitrogens with one attached hydrogen (secondary N) is 1. The molecule has 2 aliphatic rings. The highest BCUT2D eigenvalue weighted by Crippen LogP contribution is 2.45. The molecular weight excluding hydrogens is 547 g/mol. The van der Waals surface area contributed by atoms with E-state index in [2.05, 4.69) is 49.0 Å². The third-order valence-corrected chi connectivity index (χ3v) is 7.23. The number of pyridine rings is 2. The average Bonchev–Trinajstić information content (AvgIpc) is 3.48. The van der Waals surface area contributed by atoms with Crippen molar-refractivity contribution in [3.05, 3.63) is 63.4 Å². The van der Waals surface area contributed by atoms with E-state index in [0.717, 1.165) is 3.57 Å². The zero-order chi connectivity index (χ0) is 23.8. The highest BCUT2D eigenvalue weighted by Gasteiger charge is 2.48. The number of hydrogen-bond acceptors (Lipinski definition) is 7. The van der Waals surface area contributed by atoms with Crippen LogP contribution in [0.5, 0.6) is 0 Å². The normalized spacial score (nSPS) is 18.5. The van der Waals surface area contributed by atoms with Gasteiger partial charge in [0.2, 0.25) is 0 Å². The molecule has 3 aromatic heterocycles. The lowest BCUT2D eigenvalue weighted by atomic mass is 9.70. The fraction of sp³-hybridized carbons (Fsp3) is 0.375. The van der Waals surface area contributed by atoms with Crippen molar-refractivity contribution in [2.24, 2.45) is 0 Å². The summed E-state index contributed by atoms with van der Waals surface area (Å²) >= 11 is 2.19. The number of aromatic nitrogens is 4. The number of halogens is 1. The van der Waals surface area contributed by atoms with Crippen LogP contribution < -0.4 is 5.32 Å². The molecule has 3 aromatic rings. The van der Waals surface area contributed by atoms with E-state index in [-0.39, 0.29) is 5.91 Å². The molecule has 0 aromatic carbocycles. The van der Waals surface area contributed by atoms with E-state index in [1.54, 1.807) is 23.1 Å². The maximum atomic E-state index is 12.9. The molecule has 9 nitrogen and oxygen atoms in total. The number of nitrogens with zero attached hydrogens (tertiary/aromatic N) is 5. The van der Waals surface area contributed by atoms with Gasteiger partial charge in [0.25, 0.3) is 5.91 Å². The molecule has 2 fully saturated rings. The van der Waals surface area contributed by atoms with E-state index in [4.69, 9.17) is 9.47 Å². The van der Waals surface area contributed by atoms with Crippen LogP contribution in [0, 0.1) is 21.8 Å². The first-order valence-corrected chi connectivity index (χ1v) is 12.2. The zero-order valence-corrected chi connectivity index (χ0v) is 20.8. The molecule has 1 saturated heterocycles. The van der Waals surface area contributed by atoms with Crippen molar-refractivity contribution in [2.75, 3.05) is 18.5 Å². The van der Waals surface area contributed by atoms with Gasteiger partial charge in [-0.1, -0.05) is 0 Å². The van der Waals surface area contributed by atoms with Crippen LogP contribution in [0.15, 0.2) is 42.9 Å². The molecule has 1 saturated carbocycles. The Bertz CT molecular complexity index is 1230. The topological polar surface area (TPSA) is 115 Å². The van der Waals surface area contributed by atoms with Crippen molar-refractivity contribution in [1.29, 1.82) is 5.26 Å². The first-order valence-electron chi connectivity index (χ1n) is 11.1. The molecule has 1 aliphatic carbocycles. The van der Waals surface area contributed by atoms with Gasteiger partial charge in [-0.3, -0.25) is 9.78 Å². The number of ether oxygens (including phenoxy) is 2. The van der Waals surface area contributed by atoms with Crippen molar-refractivity contribution in [1.82, 2.24) is 19.7 Å². The van der Waals surface area contributed by atoms with Gasteiger partial charge in [-0.25, -0.2) is 9.67 Å². The van der Waals surface area contributed by atoms with E-state index in [9.17, 15) is 10.1 Å². The number of rotatable bonds is 4. The Hall–Kier alpha value is -2.88.